The molecule has 106 valence electrons. The minimum atomic E-state index is 0.138. The summed E-state index contributed by atoms with van der Waals surface area (Å²) in [5.74, 6) is 0.568. The number of hydrogen-bond acceptors (Lipinski definition) is 3. The summed E-state index contributed by atoms with van der Waals surface area (Å²) in [6.07, 6.45) is 5.86. The average molecular weight is 262 g/mol. The van der Waals surface area contributed by atoms with Crippen LogP contribution in [0.15, 0.2) is 30.3 Å². The molecule has 0 radical (unpaired) electrons. The van der Waals surface area contributed by atoms with Crippen molar-refractivity contribution in [2.24, 2.45) is 11.7 Å². The molecule has 0 aromatic heterocycles. The monoisotopic (exact) mass is 262 g/mol. The van der Waals surface area contributed by atoms with Crippen LogP contribution in [0.3, 0.4) is 0 Å². The van der Waals surface area contributed by atoms with Crippen molar-refractivity contribution in [1.29, 1.82) is 0 Å². The highest BCUT2D eigenvalue weighted by Crippen LogP contribution is 2.24. The van der Waals surface area contributed by atoms with Crippen molar-refractivity contribution in [1.82, 2.24) is 5.32 Å². The summed E-state index contributed by atoms with van der Waals surface area (Å²) in [5, 5.41) is 13.2. The number of benzene rings is 1. The number of nitrogens with one attached hydrogen (secondary N) is 1. The fourth-order valence-corrected chi connectivity index (χ4v) is 3.09. The number of nitrogens with two attached hydrogens (primary N) is 1. The lowest BCUT2D eigenvalue weighted by molar-refractivity contribution is 0.191. The van der Waals surface area contributed by atoms with E-state index < -0.39 is 0 Å². The van der Waals surface area contributed by atoms with Gasteiger partial charge in [0.2, 0.25) is 0 Å². The molecule has 0 aliphatic heterocycles. The molecule has 0 bridgehead atoms. The van der Waals surface area contributed by atoms with Crippen molar-refractivity contribution in [3.63, 3.8) is 0 Å². The first-order valence-corrected chi connectivity index (χ1v) is 7.44. The third-order valence-electron chi connectivity index (χ3n) is 4.21. The van der Waals surface area contributed by atoms with Crippen LogP contribution in [0, 0.1) is 5.92 Å². The van der Waals surface area contributed by atoms with Gasteiger partial charge in [-0.25, -0.2) is 0 Å². The first-order valence-electron chi connectivity index (χ1n) is 7.44. The summed E-state index contributed by atoms with van der Waals surface area (Å²) in [4.78, 5) is 0. The molecule has 1 aliphatic carbocycles. The molecule has 0 amide bonds. The largest absolute Gasteiger partial charge is 0.395 e. The predicted octanol–water partition coefficient (Wildman–Crippen LogP) is 1.70. The first-order chi connectivity index (χ1) is 9.33. The maximum Gasteiger partial charge on any atom is 0.0587 e. The molecule has 1 aromatic rings. The van der Waals surface area contributed by atoms with Gasteiger partial charge < -0.3 is 16.2 Å². The standard InChI is InChI=1S/C16H26N2O/c17-11-14-8-4-5-9-16(14)18-15(12-19)10-13-6-2-1-3-7-13/h1-3,6-7,14-16,18-19H,4-5,8-12,17H2/t14?,15-,16?/m1/s1. The molecule has 1 aromatic carbocycles. The van der Waals surface area contributed by atoms with Crippen LogP contribution in [0.2, 0.25) is 0 Å². The summed E-state index contributed by atoms with van der Waals surface area (Å²) in [6, 6.07) is 11.0. The van der Waals surface area contributed by atoms with Crippen LogP contribution in [-0.4, -0.2) is 30.3 Å². The molecule has 1 saturated carbocycles. The van der Waals surface area contributed by atoms with Gasteiger partial charge in [0.15, 0.2) is 0 Å². The fraction of sp³-hybridized carbons (Fsp3) is 0.625. The third kappa shape index (κ3) is 4.30. The molecule has 0 heterocycles. The van der Waals surface area contributed by atoms with E-state index in [4.69, 9.17) is 5.73 Å². The molecule has 1 fully saturated rings. The van der Waals surface area contributed by atoms with E-state index >= 15 is 0 Å². The van der Waals surface area contributed by atoms with Crippen LogP contribution < -0.4 is 11.1 Å². The molecule has 1 aliphatic rings. The Hall–Kier alpha value is -0.900. The van der Waals surface area contributed by atoms with Gasteiger partial charge >= 0.3 is 0 Å². The van der Waals surface area contributed by atoms with Crippen molar-refractivity contribution in [3.05, 3.63) is 35.9 Å². The Labute approximate surface area is 116 Å². The lowest BCUT2D eigenvalue weighted by Crippen LogP contribution is -2.48. The number of hydrogen-bond donors (Lipinski definition) is 3. The highest BCUT2D eigenvalue weighted by atomic mass is 16.3. The van der Waals surface area contributed by atoms with Crippen LogP contribution in [0.25, 0.3) is 0 Å². The Morgan fingerprint density at radius 2 is 1.95 bits per heavy atom. The van der Waals surface area contributed by atoms with Crippen LogP contribution in [0.1, 0.15) is 31.2 Å². The van der Waals surface area contributed by atoms with Crippen molar-refractivity contribution in [2.75, 3.05) is 13.2 Å². The lowest BCUT2D eigenvalue weighted by Gasteiger charge is -2.34. The second kappa shape index (κ2) is 7.63. The zero-order valence-electron chi connectivity index (χ0n) is 11.6. The second-order valence-electron chi connectivity index (χ2n) is 5.62. The Bertz CT molecular complexity index is 355. The fourth-order valence-electron chi connectivity index (χ4n) is 3.09. The topological polar surface area (TPSA) is 58.3 Å². The first kappa shape index (κ1) is 14.5. The normalized spacial score (nSPS) is 25.2. The average Bonchev–Trinajstić information content (AvgIpc) is 2.48. The Balaban J connectivity index is 1.90. The zero-order chi connectivity index (χ0) is 13.5. The smallest absolute Gasteiger partial charge is 0.0587 e. The van der Waals surface area contributed by atoms with E-state index in [1.807, 2.05) is 18.2 Å². The van der Waals surface area contributed by atoms with Gasteiger partial charge in [0.25, 0.3) is 0 Å². The Morgan fingerprint density at radius 3 is 2.63 bits per heavy atom. The minimum Gasteiger partial charge on any atom is -0.395 e. The van der Waals surface area contributed by atoms with E-state index in [1.54, 1.807) is 0 Å². The predicted molar refractivity (Wildman–Crippen MR) is 79.0 cm³/mol. The summed E-state index contributed by atoms with van der Waals surface area (Å²) in [6.45, 7) is 0.934. The van der Waals surface area contributed by atoms with E-state index in [2.05, 4.69) is 17.4 Å². The minimum absolute atomic E-state index is 0.138. The van der Waals surface area contributed by atoms with Crippen LogP contribution >= 0.6 is 0 Å². The maximum absolute atomic E-state index is 9.58. The van der Waals surface area contributed by atoms with Gasteiger partial charge in [0.1, 0.15) is 0 Å². The molecule has 2 unspecified atom stereocenters. The SMILES string of the molecule is NCC1CCCCC1N[C@@H](CO)Cc1ccccc1. The second-order valence-corrected chi connectivity index (χ2v) is 5.62. The molecule has 4 N–H and O–H groups in total. The molecule has 3 heteroatoms. The van der Waals surface area contributed by atoms with Crippen molar-refractivity contribution >= 4 is 0 Å². The van der Waals surface area contributed by atoms with E-state index in [1.165, 1.54) is 31.2 Å². The Kier molecular flexibility index (Phi) is 5.83. The van der Waals surface area contributed by atoms with Crippen molar-refractivity contribution in [3.8, 4) is 0 Å². The van der Waals surface area contributed by atoms with Gasteiger partial charge in [0.05, 0.1) is 6.61 Å². The Morgan fingerprint density at radius 1 is 1.21 bits per heavy atom. The number of aliphatic hydroxyl groups excluding tert-OH is 1. The molecule has 0 saturated heterocycles. The quantitative estimate of drug-likeness (QED) is 0.731. The molecular weight excluding hydrogens is 236 g/mol. The van der Waals surface area contributed by atoms with E-state index in [9.17, 15) is 5.11 Å². The number of aliphatic hydroxyl groups is 1. The van der Waals surface area contributed by atoms with Gasteiger partial charge in [-0.15, -0.1) is 0 Å². The summed E-state index contributed by atoms with van der Waals surface area (Å²) in [5.41, 5.74) is 7.13. The molecule has 0 spiro atoms. The molecule has 19 heavy (non-hydrogen) atoms. The summed E-state index contributed by atoms with van der Waals surface area (Å²) < 4.78 is 0. The third-order valence-corrected chi connectivity index (χ3v) is 4.21. The summed E-state index contributed by atoms with van der Waals surface area (Å²) in [7, 11) is 0. The van der Waals surface area contributed by atoms with Crippen molar-refractivity contribution < 1.29 is 5.11 Å². The van der Waals surface area contributed by atoms with Gasteiger partial charge in [-0.3, -0.25) is 0 Å². The van der Waals surface area contributed by atoms with Crippen LogP contribution in [-0.2, 0) is 6.42 Å². The molecular formula is C16H26N2O. The van der Waals surface area contributed by atoms with E-state index in [0.717, 1.165) is 13.0 Å². The molecule has 2 rings (SSSR count). The van der Waals surface area contributed by atoms with E-state index in [0.29, 0.717) is 12.0 Å². The highest BCUT2D eigenvalue weighted by molar-refractivity contribution is 5.16. The van der Waals surface area contributed by atoms with Crippen molar-refractivity contribution in [2.45, 2.75) is 44.2 Å². The van der Waals surface area contributed by atoms with Crippen LogP contribution in [0.4, 0.5) is 0 Å². The van der Waals surface area contributed by atoms with E-state index in [-0.39, 0.29) is 12.6 Å². The summed E-state index contributed by atoms with van der Waals surface area (Å²) >= 11 is 0. The van der Waals surface area contributed by atoms with Gasteiger partial charge in [-0.2, -0.15) is 0 Å². The van der Waals surface area contributed by atoms with Gasteiger partial charge in [-0.05, 0) is 37.3 Å². The maximum atomic E-state index is 9.58. The zero-order valence-corrected chi connectivity index (χ0v) is 11.6. The lowest BCUT2D eigenvalue weighted by atomic mass is 9.84. The molecule has 3 atom stereocenters. The van der Waals surface area contributed by atoms with Crippen LogP contribution in [0.5, 0.6) is 0 Å². The number of rotatable bonds is 6. The molecule has 3 nitrogen and oxygen atoms in total. The highest BCUT2D eigenvalue weighted by Gasteiger charge is 2.25. The van der Waals surface area contributed by atoms with Gasteiger partial charge in [0, 0.05) is 12.1 Å². The van der Waals surface area contributed by atoms with Gasteiger partial charge in [-0.1, -0.05) is 43.2 Å².